The van der Waals surface area contributed by atoms with Crippen molar-refractivity contribution in [3.63, 3.8) is 0 Å². The monoisotopic (exact) mass is 335 g/mol. The smallest absolute Gasteiger partial charge is 0.164 e. The van der Waals surface area contributed by atoms with Crippen molar-refractivity contribution in [3.8, 4) is 17.2 Å². The highest BCUT2D eigenvalue weighted by molar-refractivity contribution is 5.51. The van der Waals surface area contributed by atoms with Gasteiger partial charge in [-0.2, -0.15) is 0 Å². The fourth-order valence-corrected chi connectivity index (χ4v) is 3.75. The summed E-state index contributed by atoms with van der Waals surface area (Å²) in [6, 6.07) is 4.20. The van der Waals surface area contributed by atoms with Crippen molar-refractivity contribution in [1.29, 1.82) is 0 Å². The molecule has 2 aliphatic rings. The number of fused-ring (bicyclic) bond motifs is 1. The summed E-state index contributed by atoms with van der Waals surface area (Å²) in [6.45, 7) is 5.15. The average molecular weight is 335 g/mol. The van der Waals surface area contributed by atoms with Gasteiger partial charge in [0.15, 0.2) is 11.5 Å². The molecule has 5 heteroatoms. The molecular weight excluding hydrogens is 306 g/mol. The number of hydrogen-bond donors (Lipinski definition) is 1. The number of hydrogen-bond acceptors (Lipinski definition) is 5. The third-order valence-corrected chi connectivity index (χ3v) is 5.09. The Morgan fingerprint density at radius 2 is 1.83 bits per heavy atom. The molecule has 0 radical (unpaired) electrons. The van der Waals surface area contributed by atoms with E-state index in [1.54, 1.807) is 7.11 Å². The maximum absolute atomic E-state index is 10.4. The zero-order chi connectivity index (χ0) is 16.9. The van der Waals surface area contributed by atoms with Crippen LogP contribution >= 0.6 is 0 Å². The topological polar surface area (TPSA) is 51.2 Å². The summed E-state index contributed by atoms with van der Waals surface area (Å²) in [7, 11) is 1.69. The van der Waals surface area contributed by atoms with E-state index in [0.717, 1.165) is 61.6 Å². The number of likely N-dealkylation sites (N-methyl/N-ethyl adjacent to an activating group) is 1. The normalized spacial score (nSPS) is 23.8. The summed E-state index contributed by atoms with van der Waals surface area (Å²) < 4.78 is 17.2. The third-order valence-electron chi connectivity index (χ3n) is 5.09. The van der Waals surface area contributed by atoms with Crippen molar-refractivity contribution in [3.05, 3.63) is 17.7 Å². The highest BCUT2D eigenvalue weighted by Gasteiger charge is 2.29. The van der Waals surface area contributed by atoms with Gasteiger partial charge in [0.2, 0.25) is 0 Å². The number of ether oxygens (including phenoxy) is 3. The largest absolute Gasteiger partial charge is 0.496 e. The number of methoxy groups -OCH3 is 1. The van der Waals surface area contributed by atoms with Gasteiger partial charge in [0, 0.05) is 30.6 Å². The number of aliphatic hydroxyl groups excluding tert-OH is 1. The Morgan fingerprint density at radius 1 is 1.12 bits per heavy atom. The van der Waals surface area contributed by atoms with Gasteiger partial charge in [0.1, 0.15) is 5.75 Å². The minimum Gasteiger partial charge on any atom is -0.496 e. The van der Waals surface area contributed by atoms with Crippen molar-refractivity contribution in [2.75, 3.05) is 26.9 Å². The van der Waals surface area contributed by atoms with Gasteiger partial charge in [-0.3, -0.25) is 4.90 Å². The van der Waals surface area contributed by atoms with Crippen LogP contribution in [0.5, 0.6) is 17.2 Å². The van der Waals surface area contributed by atoms with Gasteiger partial charge >= 0.3 is 0 Å². The van der Waals surface area contributed by atoms with E-state index in [1.165, 1.54) is 6.42 Å². The van der Waals surface area contributed by atoms with E-state index in [2.05, 4.69) is 11.8 Å². The first-order chi connectivity index (χ1) is 11.7. The molecule has 0 aromatic heterocycles. The van der Waals surface area contributed by atoms with E-state index in [1.807, 2.05) is 12.1 Å². The minimum atomic E-state index is -0.231. The van der Waals surface area contributed by atoms with E-state index in [4.69, 9.17) is 14.2 Å². The molecule has 1 aromatic rings. The van der Waals surface area contributed by atoms with Gasteiger partial charge in [0.05, 0.1) is 26.4 Å². The predicted octanol–water partition coefficient (Wildman–Crippen LogP) is 2.98. The predicted molar refractivity (Wildman–Crippen MR) is 92.9 cm³/mol. The highest BCUT2D eigenvalue weighted by atomic mass is 16.5. The lowest BCUT2D eigenvalue weighted by Gasteiger charge is -2.37. The second-order valence-corrected chi connectivity index (χ2v) is 6.64. The lowest BCUT2D eigenvalue weighted by Crippen LogP contribution is -2.45. The molecular formula is C19H29NO4. The molecule has 134 valence electrons. The van der Waals surface area contributed by atoms with Crippen LogP contribution in [-0.2, 0) is 6.54 Å². The quantitative estimate of drug-likeness (QED) is 0.896. The maximum atomic E-state index is 10.4. The molecule has 0 bridgehead atoms. The van der Waals surface area contributed by atoms with Crippen LogP contribution in [0.1, 0.15) is 44.6 Å². The van der Waals surface area contributed by atoms with Crippen LogP contribution in [0.15, 0.2) is 12.1 Å². The average Bonchev–Trinajstić information content (AvgIpc) is 2.84. The number of nitrogens with zero attached hydrogens (tertiary/aromatic N) is 1. The Labute approximate surface area is 144 Å². The second kappa shape index (κ2) is 8.08. The first kappa shape index (κ1) is 17.4. The molecule has 1 aromatic carbocycles. The molecule has 5 nitrogen and oxygen atoms in total. The standard InChI is InChI=1S/C19H29NO4/c1-3-20(15-7-4-5-8-16(15)21)13-14-11-18-19(12-17(14)22-2)24-10-6-9-23-18/h11-12,15-16,21H,3-10,13H2,1-2H3/t15-,16-/m1/s1. The van der Waals surface area contributed by atoms with Crippen molar-refractivity contribution < 1.29 is 19.3 Å². The maximum Gasteiger partial charge on any atom is 0.164 e. The van der Waals surface area contributed by atoms with Crippen LogP contribution in [0.3, 0.4) is 0 Å². The van der Waals surface area contributed by atoms with Crippen molar-refractivity contribution >= 4 is 0 Å². The summed E-state index contributed by atoms with van der Waals surface area (Å²) in [5, 5.41) is 10.4. The van der Waals surface area contributed by atoms with Gasteiger partial charge < -0.3 is 19.3 Å². The molecule has 0 saturated heterocycles. The Morgan fingerprint density at radius 3 is 2.50 bits per heavy atom. The molecule has 1 heterocycles. The Kier molecular flexibility index (Phi) is 5.85. The van der Waals surface area contributed by atoms with Crippen molar-refractivity contribution in [2.24, 2.45) is 0 Å². The van der Waals surface area contributed by atoms with Crippen LogP contribution in [-0.4, -0.2) is 49.0 Å². The van der Waals surface area contributed by atoms with Gasteiger partial charge in [-0.25, -0.2) is 0 Å². The highest BCUT2D eigenvalue weighted by Crippen LogP contribution is 2.37. The molecule has 24 heavy (non-hydrogen) atoms. The van der Waals surface area contributed by atoms with E-state index in [-0.39, 0.29) is 12.1 Å². The van der Waals surface area contributed by atoms with E-state index in [0.29, 0.717) is 13.2 Å². The van der Waals surface area contributed by atoms with Gasteiger partial charge in [0.25, 0.3) is 0 Å². The lowest BCUT2D eigenvalue weighted by atomic mass is 9.91. The fraction of sp³-hybridized carbons (Fsp3) is 0.684. The van der Waals surface area contributed by atoms with Crippen LogP contribution in [0.4, 0.5) is 0 Å². The number of benzene rings is 1. The summed E-state index contributed by atoms with van der Waals surface area (Å²) in [5.74, 6) is 2.38. The third kappa shape index (κ3) is 3.78. The SMILES string of the molecule is CCN(Cc1cc2c(cc1OC)OCCCO2)[C@@H]1CCCC[C@H]1O. The molecule has 3 rings (SSSR count). The zero-order valence-corrected chi connectivity index (χ0v) is 14.8. The number of rotatable bonds is 5. The summed E-state index contributed by atoms with van der Waals surface area (Å²) >= 11 is 0. The molecule has 1 aliphatic carbocycles. The fourth-order valence-electron chi connectivity index (χ4n) is 3.75. The van der Waals surface area contributed by atoms with Gasteiger partial charge in [-0.05, 0) is 25.5 Å². The first-order valence-electron chi connectivity index (χ1n) is 9.11. The zero-order valence-electron chi connectivity index (χ0n) is 14.8. The van der Waals surface area contributed by atoms with E-state index < -0.39 is 0 Å². The molecule has 1 saturated carbocycles. The van der Waals surface area contributed by atoms with Crippen LogP contribution in [0.2, 0.25) is 0 Å². The molecule has 1 N–H and O–H groups in total. The minimum absolute atomic E-state index is 0.226. The Bertz CT molecular complexity index is 548. The molecule has 0 amide bonds. The summed E-state index contributed by atoms with van der Waals surface area (Å²) in [4.78, 5) is 2.35. The molecule has 2 atom stereocenters. The first-order valence-corrected chi connectivity index (χ1v) is 9.11. The Balaban J connectivity index is 1.83. The molecule has 1 aliphatic heterocycles. The van der Waals surface area contributed by atoms with Gasteiger partial charge in [-0.1, -0.05) is 19.8 Å². The Hall–Kier alpha value is -1.46. The van der Waals surface area contributed by atoms with E-state index >= 15 is 0 Å². The summed E-state index contributed by atoms with van der Waals surface area (Å²) in [5.41, 5.74) is 1.08. The number of aliphatic hydroxyl groups is 1. The second-order valence-electron chi connectivity index (χ2n) is 6.64. The summed E-state index contributed by atoms with van der Waals surface area (Å²) in [6.07, 6.45) is 4.94. The van der Waals surface area contributed by atoms with Crippen LogP contribution in [0.25, 0.3) is 0 Å². The molecule has 0 spiro atoms. The molecule has 1 fully saturated rings. The van der Waals surface area contributed by atoms with E-state index in [9.17, 15) is 5.11 Å². The lowest BCUT2D eigenvalue weighted by molar-refractivity contribution is 0.0179. The van der Waals surface area contributed by atoms with Crippen molar-refractivity contribution in [2.45, 2.75) is 57.7 Å². The van der Waals surface area contributed by atoms with Crippen molar-refractivity contribution in [1.82, 2.24) is 4.90 Å². The van der Waals surface area contributed by atoms with Gasteiger partial charge in [-0.15, -0.1) is 0 Å². The van der Waals surface area contributed by atoms with Crippen LogP contribution in [0, 0.1) is 0 Å². The molecule has 0 unspecified atom stereocenters. The van der Waals surface area contributed by atoms with Crippen LogP contribution < -0.4 is 14.2 Å².